The fraction of sp³-hybridized carbons (Fsp3) is 0.684. The fourth-order valence-electron chi connectivity index (χ4n) is 2.65. The van der Waals surface area contributed by atoms with E-state index in [1.54, 1.807) is 27.7 Å². The van der Waals surface area contributed by atoms with Crippen molar-refractivity contribution in [2.75, 3.05) is 0 Å². The maximum absolute atomic E-state index is 12.8. The first-order chi connectivity index (χ1) is 14.7. The van der Waals surface area contributed by atoms with Crippen LogP contribution in [0.25, 0.3) is 0 Å². The third-order valence-corrected chi connectivity index (χ3v) is 4.52. The molecule has 0 saturated carbocycles. The summed E-state index contributed by atoms with van der Waals surface area (Å²) in [5, 5.41) is 25.0. The van der Waals surface area contributed by atoms with Gasteiger partial charge in [0.25, 0.3) is 0 Å². The van der Waals surface area contributed by atoms with Crippen molar-refractivity contribution < 1.29 is 39.0 Å². The Bertz CT molecular complexity index is 725. The van der Waals surface area contributed by atoms with Gasteiger partial charge < -0.3 is 37.6 Å². The largest absolute Gasteiger partial charge is 0.481 e. The number of primary amides is 1. The predicted molar refractivity (Wildman–Crippen MR) is 112 cm³/mol. The van der Waals surface area contributed by atoms with Crippen LogP contribution in [0, 0.1) is 11.8 Å². The third kappa shape index (κ3) is 10.2. The number of carbonyl (C=O) groups excluding carboxylic acids is 4. The highest BCUT2D eigenvalue weighted by Crippen LogP contribution is 2.08. The van der Waals surface area contributed by atoms with Crippen molar-refractivity contribution in [2.45, 2.75) is 71.1 Å². The summed E-state index contributed by atoms with van der Waals surface area (Å²) in [6.07, 6.45) is -1.07. The zero-order valence-electron chi connectivity index (χ0n) is 18.6. The molecule has 0 aliphatic heterocycles. The van der Waals surface area contributed by atoms with E-state index in [0.29, 0.717) is 0 Å². The van der Waals surface area contributed by atoms with Gasteiger partial charge in [-0.05, 0) is 18.3 Å². The monoisotopic (exact) mass is 459 g/mol. The van der Waals surface area contributed by atoms with Gasteiger partial charge in [-0.2, -0.15) is 0 Å². The van der Waals surface area contributed by atoms with Gasteiger partial charge >= 0.3 is 11.9 Å². The minimum absolute atomic E-state index is 0.124. The van der Waals surface area contributed by atoms with E-state index in [2.05, 4.69) is 16.0 Å². The molecule has 13 heteroatoms. The summed E-state index contributed by atoms with van der Waals surface area (Å²) in [5.41, 5.74) is 10.7. The zero-order chi connectivity index (χ0) is 25.2. The van der Waals surface area contributed by atoms with Crippen molar-refractivity contribution in [2.24, 2.45) is 23.3 Å². The number of rotatable bonds is 14. The van der Waals surface area contributed by atoms with Crippen LogP contribution in [0.1, 0.15) is 47.0 Å². The first kappa shape index (κ1) is 28.8. The molecule has 4 unspecified atom stereocenters. The maximum Gasteiger partial charge on any atom is 0.326 e. The van der Waals surface area contributed by atoms with Gasteiger partial charge in [-0.1, -0.05) is 27.7 Å². The van der Waals surface area contributed by atoms with Crippen LogP contribution in [0.3, 0.4) is 0 Å². The van der Waals surface area contributed by atoms with Gasteiger partial charge in [0, 0.05) is 6.42 Å². The normalized spacial score (nSPS) is 14.7. The molecule has 0 fully saturated rings. The van der Waals surface area contributed by atoms with E-state index in [0.717, 1.165) is 0 Å². The Labute approximate surface area is 185 Å². The smallest absolute Gasteiger partial charge is 0.326 e. The Kier molecular flexibility index (Phi) is 11.9. The molecule has 0 aromatic heterocycles. The molecule has 13 nitrogen and oxygen atoms in total. The lowest BCUT2D eigenvalue weighted by Gasteiger charge is -2.28. The lowest BCUT2D eigenvalue weighted by atomic mass is 9.98. The Balaban J connectivity index is 5.33. The highest BCUT2D eigenvalue weighted by molar-refractivity contribution is 5.95. The van der Waals surface area contributed by atoms with Gasteiger partial charge in [0.2, 0.25) is 23.6 Å². The molecule has 0 radical (unpaired) electrons. The van der Waals surface area contributed by atoms with Crippen LogP contribution in [0.15, 0.2) is 0 Å². The number of hydrogen-bond donors (Lipinski definition) is 7. The Morgan fingerprint density at radius 2 is 1.22 bits per heavy atom. The standard InChI is InChI=1S/C19H33N5O8/c1-8(2)14(17(29)22-11(19(31)32)7-12(21)25)24-18(30)15(9(3)4)23-16(28)10(20)5-6-13(26)27/h8-11,14-15H,5-7,20H2,1-4H3,(H2,21,25)(H,22,29)(H,23,28)(H,24,30)(H,26,27)(H,31,32). The molecule has 0 bridgehead atoms. The van der Waals surface area contributed by atoms with Crippen molar-refractivity contribution in [3.63, 3.8) is 0 Å². The molecule has 0 spiro atoms. The SMILES string of the molecule is CC(C)C(NC(=O)C(N)CCC(=O)O)C(=O)NC(C(=O)NC(CC(N)=O)C(=O)O)C(C)C. The van der Waals surface area contributed by atoms with Gasteiger partial charge in [-0.25, -0.2) is 4.79 Å². The molecule has 0 aromatic rings. The second-order valence-corrected chi connectivity index (χ2v) is 8.07. The van der Waals surface area contributed by atoms with E-state index >= 15 is 0 Å². The Hall–Kier alpha value is -3.22. The van der Waals surface area contributed by atoms with E-state index in [1.807, 2.05) is 0 Å². The van der Waals surface area contributed by atoms with Gasteiger partial charge in [0.1, 0.15) is 18.1 Å². The zero-order valence-corrected chi connectivity index (χ0v) is 18.6. The van der Waals surface area contributed by atoms with Crippen molar-refractivity contribution in [3.05, 3.63) is 0 Å². The average Bonchev–Trinajstić information content (AvgIpc) is 2.66. The second-order valence-electron chi connectivity index (χ2n) is 8.07. The number of nitrogens with two attached hydrogens (primary N) is 2. The maximum atomic E-state index is 12.8. The molecule has 9 N–H and O–H groups in total. The molecule has 0 saturated heterocycles. The summed E-state index contributed by atoms with van der Waals surface area (Å²) in [6, 6.07) is -4.97. The van der Waals surface area contributed by atoms with E-state index in [-0.39, 0.29) is 12.8 Å². The average molecular weight is 460 g/mol. The minimum atomic E-state index is -1.56. The van der Waals surface area contributed by atoms with Crippen molar-refractivity contribution in [1.82, 2.24) is 16.0 Å². The first-order valence-electron chi connectivity index (χ1n) is 10.1. The van der Waals surface area contributed by atoms with Crippen LogP contribution in [0.2, 0.25) is 0 Å². The van der Waals surface area contributed by atoms with Gasteiger partial charge in [0.05, 0.1) is 12.5 Å². The summed E-state index contributed by atoms with van der Waals surface area (Å²) in [4.78, 5) is 70.6. The fourth-order valence-corrected chi connectivity index (χ4v) is 2.65. The molecular weight excluding hydrogens is 426 g/mol. The van der Waals surface area contributed by atoms with Crippen LogP contribution < -0.4 is 27.4 Å². The Morgan fingerprint density at radius 3 is 1.59 bits per heavy atom. The van der Waals surface area contributed by atoms with Crippen LogP contribution in [-0.2, 0) is 28.8 Å². The number of carboxylic acid groups (broad SMARTS) is 2. The van der Waals surface area contributed by atoms with Crippen molar-refractivity contribution >= 4 is 35.6 Å². The molecule has 182 valence electrons. The predicted octanol–water partition coefficient (Wildman–Crippen LogP) is -2.10. The van der Waals surface area contributed by atoms with Crippen LogP contribution in [-0.4, -0.2) is 69.9 Å². The number of amides is 4. The molecule has 32 heavy (non-hydrogen) atoms. The van der Waals surface area contributed by atoms with E-state index in [9.17, 15) is 28.8 Å². The lowest BCUT2D eigenvalue weighted by Crippen LogP contribution is -2.59. The quantitative estimate of drug-likeness (QED) is 0.151. The second kappa shape index (κ2) is 13.2. The van der Waals surface area contributed by atoms with Crippen molar-refractivity contribution in [3.8, 4) is 0 Å². The number of nitrogens with one attached hydrogen (secondary N) is 3. The summed E-state index contributed by atoms with van der Waals surface area (Å²) in [7, 11) is 0. The topological polar surface area (TPSA) is 231 Å². The van der Waals surface area contributed by atoms with Crippen molar-refractivity contribution in [1.29, 1.82) is 0 Å². The lowest BCUT2D eigenvalue weighted by molar-refractivity contribution is -0.144. The summed E-state index contributed by atoms with van der Waals surface area (Å²) < 4.78 is 0. The third-order valence-electron chi connectivity index (χ3n) is 4.52. The summed E-state index contributed by atoms with van der Waals surface area (Å²) >= 11 is 0. The van der Waals surface area contributed by atoms with E-state index < -0.39 is 78.0 Å². The van der Waals surface area contributed by atoms with Crippen LogP contribution in [0.5, 0.6) is 0 Å². The molecular formula is C19H33N5O8. The van der Waals surface area contributed by atoms with Gasteiger partial charge in [-0.15, -0.1) is 0 Å². The van der Waals surface area contributed by atoms with Gasteiger partial charge in [0.15, 0.2) is 0 Å². The molecule has 0 rings (SSSR count). The number of aliphatic carboxylic acids is 2. The first-order valence-corrected chi connectivity index (χ1v) is 10.1. The molecule has 0 heterocycles. The molecule has 0 aliphatic carbocycles. The van der Waals surface area contributed by atoms with Gasteiger partial charge in [-0.3, -0.25) is 24.0 Å². The van der Waals surface area contributed by atoms with Crippen LogP contribution >= 0.6 is 0 Å². The highest BCUT2D eigenvalue weighted by atomic mass is 16.4. The number of carbonyl (C=O) groups is 6. The minimum Gasteiger partial charge on any atom is -0.481 e. The highest BCUT2D eigenvalue weighted by Gasteiger charge is 2.33. The van der Waals surface area contributed by atoms with Crippen LogP contribution in [0.4, 0.5) is 0 Å². The molecule has 4 amide bonds. The number of hydrogen-bond acceptors (Lipinski definition) is 7. The van der Waals surface area contributed by atoms with E-state index in [1.165, 1.54) is 0 Å². The molecule has 0 aromatic carbocycles. The Morgan fingerprint density at radius 1 is 0.781 bits per heavy atom. The number of carboxylic acids is 2. The van der Waals surface area contributed by atoms with E-state index in [4.69, 9.17) is 21.7 Å². The summed E-state index contributed by atoms with van der Waals surface area (Å²) in [6.45, 7) is 6.51. The molecule has 4 atom stereocenters. The summed E-state index contributed by atoms with van der Waals surface area (Å²) in [5.74, 6) is -6.67. The molecule has 0 aliphatic rings.